The molecule has 0 amide bonds. The number of fused-ring (bicyclic) bond motifs is 6. The molecule has 0 aliphatic rings. The van der Waals surface area contributed by atoms with Gasteiger partial charge in [-0.15, -0.1) is 0 Å². The maximum absolute atomic E-state index is 2.38. The van der Waals surface area contributed by atoms with Crippen molar-refractivity contribution in [3.05, 3.63) is 155 Å². The molecule has 0 radical (unpaired) electrons. The van der Waals surface area contributed by atoms with Gasteiger partial charge in [-0.3, -0.25) is 0 Å². The molecule has 2 aromatic heterocycles. The van der Waals surface area contributed by atoms with Gasteiger partial charge in [0.05, 0.1) is 22.1 Å². The van der Waals surface area contributed by atoms with Crippen molar-refractivity contribution < 1.29 is 0 Å². The summed E-state index contributed by atoms with van der Waals surface area (Å²) in [6.45, 7) is 8.66. The smallest absolute Gasteiger partial charge is 0.0541 e. The molecule has 0 saturated carbocycles. The van der Waals surface area contributed by atoms with Gasteiger partial charge < -0.3 is 9.13 Å². The summed E-state index contributed by atoms with van der Waals surface area (Å²) in [6, 6.07) is 44.8. The lowest BCUT2D eigenvalue weighted by molar-refractivity contribution is 1.18. The van der Waals surface area contributed by atoms with E-state index in [1.165, 1.54) is 88.4 Å². The molecule has 0 aliphatic heterocycles. The van der Waals surface area contributed by atoms with Crippen LogP contribution in [0.25, 0.3) is 67.1 Å². The van der Waals surface area contributed by atoms with Gasteiger partial charge in [-0.1, -0.05) is 82.9 Å². The Morgan fingerprint density at radius 2 is 0.614 bits per heavy atom. The minimum Gasteiger partial charge on any atom is -0.309 e. The lowest BCUT2D eigenvalue weighted by atomic mass is 10.1. The van der Waals surface area contributed by atoms with Crippen molar-refractivity contribution >= 4 is 55.8 Å². The molecular weight excluding hydrogens is 532 g/mol. The van der Waals surface area contributed by atoms with Crippen LogP contribution in [0.2, 0.25) is 0 Å². The molecule has 212 valence electrons. The van der Waals surface area contributed by atoms with Crippen LogP contribution >= 0.6 is 0 Å². The van der Waals surface area contributed by atoms with Crippen molar-refractivity contribution in [2.24, 2.45) is 0 Å². The quantitative estimate of drug-likeness (QED) is 0.188. The standard InChI is InChI=1S/C42H34N2/c1-27-5-19-39-35(23-27)36-24-28(2)6-20-40(36)43(39)33-15-11-31(12-16-33)9-10-32-13-17-34(18-14-32)44-41-21-7-29(3)25-37(41)38-26-30(4)8-22-42(38)44/h5-26H,1-4H3/b10-9+. The van der Waals surface area contributed by atoms with E-state index in [1.807, 2.05) is 0 Å². The molecule has 0 saturated heterocycles. The van der Waals surface area contributed by atoms with Crippen molar-refractivity contribution in [3.63, 3.8) is 0 Å². The molecule has 6 aromatic carbocycles. The molecule has 0 bridgehead atoms. The fourth-order valence-electron chi connectivity index (χ4n) is 6.72. The first kappa shape index (κ1) is 26.3. The Balaban J connectivity index is 1.11. The van der Waals surface area contributed by atoms with Gasteiger partial charge in [0.1, 0.15) is 0 Å². The van der Waals surface area contributed by atoms with Gasteiger partial charge in [-0.25, -0.2) is 0 Å². The van der Waals surface area contributed by atoms with E-state index in [-0.39, 0.29) is 0 Å². The van der Waals surface area contributed by atoms with Crippen molar-refractivity contribution in [3.8, 4) is 11.4 Å². The maximum Gasteiger partial charge on any atom is 0.0541 e. The zero-order valence-electron chi connectivity index (χ0n) is 25.6. The summed E-state index contributed by atoms with van der Waals surface area (Å²) in [6.07, 6.45) is 4.40. The van der Waals surface area contributed by atoms with Gasteiger partial charge in [0, 0.05) is 32.9 Å². The fraction of sp³-hybridized carbons (Fsp3) is 0.0952. The number of benzene rings is 6. The second-order valence-corrected chi connectivity index (χ2v) is 12.3. The second-order valence-electron chi connectivity index (χ2n) is 12.3. The van der Waals surface area contributed by atoms with Crippen LogP contribution < -0.4 is 0 Å². The first-order valence-electron chi connectivity index (χ1n) is 15.3. The van der Waals surface area contributed by atoms with Gasteiger partial charge in [-0.2, -0.15) is 0 Å². The monoisotopic (exact) mass is 566 g/mol. The Hall–Kier alpha value is -5.34. The summed E-state index contributed by atoms with van der Waals surface area (Å²) in [7, 11) is 0. The zero-order chi connectivity index (χ0) is 29.9. The highest BCUT2D eigenvalue weighted by atomic mass is 15.0. The van der Waals surface area contributed by atoms with Gasteiger partial charge >= 0.3 is 0 Å². The van der Waals surface area contributed by atoms with Crippen LogP contribution in [0, 0.1) is 27.7 Å². The third kappa shape index (κ3) is 4.34. The number of hydrogen-bond acceptors (Lipinski definition) is 0. The van der Waals surface area contributed by atoms with E-state index in [9.17, 15) is 0 Å². The van der Waals surface area contributed by atoms with Gasteiger partial charge in [0.25, 0.3) is 0 Å². The molecule has 0 atom stereocenters. The van der Waals surface area contributed by atoms with E-state index in [0.29, 0.717) is 0 Å². The predicted molar refractivity (Wildman–Crippen MR) is 189 cm³/mol. The molecule has 2 heterocycles. The van der Waals surface area contributed by atoms with Gasteiger partial charge in [-0.05, 0) is 112 Å². The third-order valence-corrected chi connectivity index (χ3v) is 8.92. The minimum absolute atomic E-state index is 1.18. The first-order valence-corrected chi connectivity index (χ1v) is 15.3. The van der Waals surface area contributed by atoms with E-state index < -0.39 is 0 Å². The summed E-state index contributed by atoms with van der Waals surface area (Å²) in [5.41, 5.74) is 14.8. The van der Waals surface area contributed by atoms with E-state index in [0.717, 1.165) is 0 Å². The highest BCUT2D eigenvalue weighted by molar-refractivity contribution is 6.10. The number of aromatic nitrogens is 2. The molecule has 44 heavy (non-hydrogen) atoms. The summed E-state index contributed by atoms with van der Waals surface area (Å²) < 4.78 is 4.76. The zero-order valence-corrected chi connectivity index (χ0v) is 25.6. The molecule has 8 rings (SSSR count). The number of aryl methyl sites for hydroxylation is 4. The molecule has 0 unspecified atom stereocenters. The molecule has 0 spiro atoms. The Morgan fingerprint density at radius 1 is 0.341 bits per heavy atom. The van der Waals surface area contributed by atoms with Crippen molar-refractivity contribution in [1.29, 1.82) is 0 Å². The van der Waals surface area contributed by atoms with Crippen LogP contribution in [0.15, 0.2) is 121 Å². The van der Waals surface area contributed by atoms with Crippen molar-refractivity contribution in [2.75, 3.05) is 0 Å². The lowest BCUT2D eigenvalue weighted by Crippen LogP contribution is -1.94. The van der Waals surface area contributed by atoms with Crippen LogP contribution in [0.4, 0.5) is 0 Å². The van der Waals surface area contributed by atoms with Crippen LogP contribution in [-0.2, 0) is 0 Å². The van der Waals surface area contributed by atoms with Crippen molar-refractivity contribution in [1.82, 2.24) is 9.13 Å². The highest BCUT2D eigenvalue weighted by Crippen LogP contribution is 2.35. The molecular formula is C42H34N2. The average molecular weight is 567 g/mol. The van der Waals surface area contributed by atoms with E-state index >= 15 is 0 Å². The summed E-state index contributed by atoms with van der Waals surface area (Å²) in [5, 5.41) is 5.23. The normalized spacial score (nSPS) is 12.0. The van der Waals surface area contributed by atoms with Crippen LogP contribution in [0.3, 0.4) is 0 Å². The molecule has 0 N–H and O–H groups in total. The Kier molecular flexibility index (Phi) is 6.06. The minimum atomic E-state index is 1.18. The summed E-state index contributed by atoms with van der Waals surface area (Å²) in [5.74, 6) is 0. The molecule has 0 fully saturated rings. The van der Waals surface area contributed by atoms with Crippen LogP contribution in [-0.4, -0.2) is 9.13 Å². The fourth-order valence-corrected chi connectivity index (χ4v) is 6.72. The van der Waals surface area contributed by atoms with E-state index in [1.54, 1.807) is 0 Å². The molecule has 2 heteroatoms. The topological polar surface area (TPSA) is 9.86 Å². The van der Waals surface area contributed by atoms with Gasteiger partial charge in [0.2, 0.25) is 0 Å². The van der Waals surface area contributed by atoms with E-state index in [2.05, 4.69) is 170 Å². The van der Waals surface area contributed by atoms with Crippen LogP contribution in [0.5, 0.6) is 0 Å². The second kappa shape index (κ2) is 10.1. The number of nitrogens with zero attached hydrogens (tertiary/aromatic N) is 2. The molecule has 2 nitrogen and oxygen atoms in total. The molecule has 0 aliphatic carbocycles. The van der Waals surface area contributed by atoms with Crippen molar-refractivity contribution in [2.45, 2.75) is 27.7 Å². The number of rotatable bonds is 4. The van der Waals surface area contributed by atoms with Crippen LogP contribution in [0.1, 0.15) is 33.4 Å². The Bertz CT molecular complexity index is 2110. The van der Waals surface area contributed by atoms with E-state index in [4.69, 9.17) is 0 Å². The lowest BCUT2D eigenvalue weighted by Gasteiger charge is -2.09. The third-order valence-electron chi connectivity index (χ3n) is 8.92. The molecule has 8 aromatic rings. The largest absolute Gasteiger partial charge is 0.309 e. The Labute approximate surface area is 258 Å². The summed E-state index contributed by atoms with van der Waals surface area (Å²) in [4.78, 5) is 0. The number of hydrogen-bond donors (Lipinski definition) is 0. The average Bonchev–Trinajstić information content (AvgIpc) is 3.52. The summed E-state index contributed by atoms with van der Waals surface area (Å²) >= 11 is 0. The SMILES string of the molecule is Cc1ccc2c(c1)c1cc(C)ccc1n2-c1ccc(/C=C/c2ccc(-n3c4ccc(C)cc4c4cc(C)ccc43)cc2)cc1. The van der Waals surface area contributed by atoms with Gasteiger partial charge in [0.15, 0.2) is 0 Å². The predicted octanol–water partition coefficient (Wildman–Crippen LogP) is 11.3. The highest BCUT2D eigenvalue weighted by Gasteiger charge is 2.14. The Morgan fingerprint density at radius 3 is 0.886 bits per heavy atom. The maximum atomic E-state index is 2.38. The first-order chi connectivity index (χ1) is 21.4.